The third kappa shape index (κ3) is 3.62. The van der Waals surface area contributed by atoms with Crippen LogP contribution in [0.3, 0.4) is 0 Å². The number of amides is 1. The lowest BCUT2D eigenvalue weighted by Gasteiger charge is -2.26. The van der Waals surface area contributed by atoms with E-state index in [1.165, 1.54) is 31.2 Å². The molecule has 2 aromatic rings. The van der Waals surface area contributed by atoms with Crippen LogP contribution in [0, 0.1) is 0 Å². The van der Waals surface area contributed by atoms with Crippen LogP contribution < -0.4 is 16.0 Å². The molecule has 1 amide bonds. The number of ether oxygens (including phenoxy) is 3. The van der Waals surface area contributed by atoms with Crippen molar-refractivity contribution in [3.63, 3.8) is 0 Å². The molecule has 2 heterocycles. The third-order valence-corrected chi connectivity index (χ3v) is 5.46. The van der Waals surface area contributed by atoms with Gasteiger partial charge in [0.2, 0.25) is 0 Å². The molecule has 7 nitrogen and oxygen atoms in total. The third-order valence-electron chi connectivity index (χ3n) is 5.46. The minimum Gasteiger partial charge on any atom is -0.491 e. The molecule has 0 bridgehead atoms. The summed E-state index contributed by atoms with van der Waals surface area (Å²) in [5.74, 6) is -4.01. The molecule has 0 spiro atoms. The SMILES string of the molecule is C[C@]12O[C@H](COc3ccc(-c4cc(C(N)=O)c(=O)[nH]c4C(F)(F)F)cc3)CO[C@H]1C2(F)F. The van der Waals surface area contributed by atoms with E-state index in [1.54, 1.807) is 4.98 Å². The van der Waals surface area contributed by atoms with Crippen LogP contribution in [0.1, 0.15) is 23.0 Å². The Balaban J connectivity index is 1.51. The van der Waals surface area contributed by atoms with E-state index in [9.17, 15) is 31.5 Å². The molecule has 1 aromatic carbocycles. The molecule has 0 radical (unpaired) electrons. The maximum atomic E-state index is 13.6. The number of carbonyl (C=O) groups is 1. The second-order valence-corrected chi connectivity index (χ2v) is 7.68. The van der Waals surface area contributed by atoms with Gasteiger partial charge in [-0.05, 0) is 30.7 Å². The summed E-state index contributed by atoms with van der Waals surface area (Å²) in [7, 11) is 0. The summed E-state index contributed by atoms with van der Waals surface area (Å²) in [6.07, 6.45) is -6.92. The zero-order chi connectivity index (χ0) is 23.5. The Labute approximate surface area is 177 Å². The number of aromatic nitrogens is 1. The fraction of sp³-hybridized carbons (Fsp3) is 0.400. The van der Waals surface area contributed by atoms with Gasteiger partial charge in [0.15, 0.2) is 11.7 Å². The number of carbonyl (C=O) groups excluding carboxylic acids is 1. The Bertz CT molecular complexity index is 1110. The maximum Gasteiger partial charge on any atom is 0.431 e. The summed E-state index contributed by atoms with van der Waals surface area (Å²) in [5.41, 5.74) is -0.242. The molecule has 1 aliphatic heterocycles. The number of nitrogens with one attached hydrogen (secondary N) is 1. The van der Waals surface area contributed by atoms with E-state index >= 15 is 0 Å². The van der Waals surface area contributed by atoms with Crippen LogP contribution in [0.5, 0.6) is 5.75 Å². The molecule has 4 rings (SSSR count). The zero-order valence-corrected chi connectivity index (χ0v) is 16.5. The van der Waals surface area contributed by atoms with Crippen molar-refractivity contribution in [3.05, 3.63) is 51.9 Å². The molecule has 1 saturated heterocycles. The Hall–Kier alpha value is -2.99. The smallest absolute Gasteiger partial charge is 0.431 e. The fourth-order valence-corrected chi connectivity index (χ4v) is 3.63. The van der Waals surface area contributed by atoms with Crippen LogP contribution >= 0.6 is 0 Å². The number of benzene rings is 1. The molecular formula is C20H17F5N2O5. The van der Waals surface area contributed by atoms with Gasteiger partial charge in [0.25, 0.3) is 11.5 Å². The van der Waals surface area contributed by atoms with Gasteiger partial charge < -0.3 is 24.9 Å². The van der Waals surface area contributed by atoms with Gasteiger partial charge in [-0.15, -0.1) is 0 Å². The number of rotatable bonds is 5. The highest BCUT2D eigenvalue weighted by molar-refractivity contribution is 5.94. The summed E-state index contributed by atoms with van der Waals surface area (Å²) in [6, 6.07) is 6.05. The number of fused-ring (bicyclic) bond motifs is 1. The number of primary amides is 1. The highest BCUT2D eigenvalue weighted by atomic mass is 19.4. The number of alkyl halides is 5. The summed E-state index contributed by atoms with van der Waals surface area (Å²) >= 11 is 0. The van der Waals surface area contributed by atoms with Crippen molar-refractivity contribution >= 4 is 5.91 Å². The molecule has 3 N–H and O–H groups in total. The van der Waals surface area contributed by atoms with E-state index in [0.717, 1.165) is 6.07 Å². The second-order valence-electron chi connectivity index (χ2n) is 7.68. The monoisotopic (exact) mass is 460 g/mol. The van der Waals surface area contributed by atoms with Gasteiger partial charge in [0, 0.05) is 5.56 Å². The van der Waals surface area contributed by atoms with E-state index in [2.05, 4.69) is 0 Å². The van der Waals surface area contributed by atoms with Gasteiger partial charge in [-0.1, -0.05) is 12.1 Å². The molecular weight excluding hydrogens is 443 g/mol. The summed E-state index contributed by atoms with van der Waals surface area (Å²) in [4.78, 5) is 24.8. The van der Waals surface area contributed by atoms with Crippen molar-refractivity contribution in [1.82, 2.24) is 4.98 Å². The number of nitrogens with two attached hydrogens (primary N) is 1. The number of H-pyrrole nitrogens is 1. The first-order valence-corrected chi connectivity index (χ1v) is 9.39. The van der Waals surface area contributed by atoms with Gasteiger partial charge in [-0.25, -0.2) is 8.78 Å². The normalized spacial score (nSPS) is 26.3. The Morgan fingerprint density at radius 2 is 1.94 bits per heavy atom. The molecule has 32 heavy (non-hydrogen) atoms. The summed E-state index contributed by atoms with van der Waals surface area (Å²) in [5, 5.41) is 0. The fourth-order valence-electron chi connectivity index (χ4n) is 3.63. The molecule has 12 heteroatoms. The van der Waals surface area contributed by atoms with Crippen LogP contribution in [0.15, 0.2) is 35.1 Å². The van der Waals surface area contributed by atoms with Gasteiger partial charge in [0.1, 0.15) is 29.7 Å². The van der Waals surface area contributed by atoms with E-state index in [1.807, 2.05) is 0 Å². The van der Waals surface area contributed by atoms with Crippen molar-refractivity contribution < 1.29 is 41.0 Å². The van der Waals surface area contributed by atoms with Gasteiger partial charge in [0.05, 0.1) is 6.61 Å². The molecule has 2 aliphatic rings. The Morgan fingerprint density at radius 1 is 1.28 bits per heavy atom. The molecule has 3 atom stereocenters. The zero-order valence-electron chi connectivity index (χ0n) is 16.5. The van der Waals surface area contributed by atoms with Gasteiger partial charge in [-0.2, -0.15) is 13.2 Å². The lowest BCUT2D eigenvalue weighted by atomic mass is 10.0. The highest BCUT2D eigenvalue weighted by Gasteiger charge is 2.83. The van der Waals surface area contributed by atoms with Crippen molar-refractivity contribution in [2.24, 2.45) is 5.73 Å². The average Bonchev–Trinajstić information content (AvgIpc) is 3.16. The van der Waals surface area contributed by atoms with Crippen molar-refractivity contribution in [1.29, 1.82) is 0 Å². The standard InChI is InChI=1S/C20H17F5N2O5/c1-18-17(19(18,21)22)31-8-11(32-18)7-30-10-4-2-9(3-5-10)12-6-13(15(26)28)16(29)27-14(12)20(23,24)25/h2-6,11,17H,7-8H2,1H3,(H2,26,28)(H,27,29)/t11-,17-,18+/m1/s1. The number of aromatic amines is 1. The molecule has 1 aliphatic carbocycles. The van der Waals surface area contributed by atoms with Crippen molar-refractivity contribution in [2.75, 3.05) is 13.2 Å². The molecule has 2 fully saturated rings. The molecule has 0 unspecified atom stereocenters. The van der Waals surface area contributed by atoms with Crippen LogP contribution in [-0.2, 0) is 15.7 Å². The second kappa shape index (κ2) is 7.27. The lowest BCUT2D eigenvalue weighted by molar-refractivity contribution is -0.149. The lowest BCUT2D eigenvalue weighted by Crippen LogP contribution is -2.39. The first kappa shape index (κ1) is 22.2. The Kier molecular flexibility index (Phi) is 5.05. The largest absolute Gasteiger partial charge is 0.491 e. The quantitative estimate of drug-likeness (QED) is 0.668. The summed E-state index contributed by atoms with van der Waals surface area (Å²) < 4.78 is 83.4. The van der Waals surface area contributed by atoms with Crippen LogP contribution in [0.25, 0.3) is 11.1 Å². The highest BCUT2D eigenvalue weighted by Crippen LogP contribution is 2.59. The van der Waals surface area contributed by atoms with Crippen LogP contribution in [0.2, 0.25) is 0 Å². The van der Waals surface area contributed by atoms with Crippen LogP contribution in [-0.4, -0.2) is 47.8 Å². The van der Waals surface area contributed by atoms with E-state index < -0.39 is 58.2 Å². The topological polar surface area (TPSA) is 104 Å². The first-order chi connectivity index (χ1) is 14.8. The number of pyridine rings is 1. The number of halogens is 5. The van der Waals surface area contributed by atoms with E-state index in [4.69, 9.17) is 19.9 Å². The minimum atomic E-state index is -4.89. The summed E-state index contributed by atoms with van der Waals surface area (Å²) in [6.45, 7) is 1.05. The number of hydrogen-bond donors (Lipinski definition) is 2. The van der Waals surface area contributed by atoms with Crippen LogP contribution in [0.4, 0.5) is 22.0 Å². The minimum absolute atomic E-state index is 0.0358. The average molecular weight is 460 g/mol. The van der Waals surface area contributed by atoms with Crippen molar-refractivity contribution in [2.45, 2.75) is 36.8 Å². The first-order valence-electron chi connectivity index (χ1n) is 9.39. The van der Waals surface area contributed by atoms with E-state index in [-0.39, 0.29) is 24.5 Å². The molecule has 1 saturated carbocycles. The predicted molar refractivity (Wildman–Crippen MR) is 99.5 cm³/mol. The van der Waals surface area contributed by atoms with Gasteiger partial charge in [-0.3, -0.25) is 9.59 Å². The predicted octanol–water partition coefficient (Wildman–Crippen LogP) is 2.73. The maximum absolute atomic E-state index is 13.6. The number of hydrogen-bond acceptors (Lipinski definition) is 5. The Morgan fingerprint density at radius 3 is 2.50 bits per heavy atom. The molecule has 172 valence electrons. The molecule has 1 aromatic heterocycles. The van der Waals surface area contributed by atoms with Gasteiger partial charge >= 0.3 is 12.1 Å². The van der Waals surface area contributed by atoms with E-state index in [0.29, 0.717) is 0 Å². The van der Waals surface area contributed by atoms with Crippen molar-refractivity contribution in [3.8, 4) is 16.9 Å².